The van der Waals surface area contributed by atoms with E-state index in [-0.39, 0.29) is 162 Å². The number of imidazole rings is 1. The van der Waals surface area contributed by atoms with E-state index in [4.69, 9.17) is 11.5 Å². The van der Waals surface area contributed by atoms with Crippen LogP contribution in [0.2, 0.25) is 0 Å². The van der Waals surface area contributed by atoms with Crippen LogP contribution in [0.3, 0.4) is 0 Å². The molecule has 0 unspecified atom stereocenters. The third-order valence-electron chi connectivity index (χ3n) is 25.8. The van der Waals surface area contributed by atoms with Crippen molar-refractivity contribution in [2.24, 2.45) is 17.4 Å². The summed E-state index contributed by atoms with van der Waals surface area (Å²) < 4.78 is 0. The van der Waals surface area contributed by atoms with Gasteiger partial charge in [-0.25, -0.2) is 9.97 Å². The number of benzene rings is 3. The molecule has 0 saturated carbocycles. The number of carbonyl (C=O) groups excluding carboxylic acids is 16. The highest BCUT2D eigenvalue weighted by Gasteiger charge is 2.44. The van der Waals surface area contributed by atoms with Crippen molar-refractivity contribution in [3.8, 4) is 0 Å². The standard InChI is InChI=1S/C97H131N25O25S2/c1-6-57(7-2)83(117-95(145)82(54(4)123)116-91(141)68(107-55(5)124)38-60-43-103-65-20-11-10-18-63(60)65)96(146)115-73-50-148-149-51-74(114-90(140)71(42-78(127)128)112-88(138)69(40-62-45-100-52-105-62)111-87(137)67(37-56-23-24-58-16-8-9-17-59(58)36-56)110-89(139)70(41-76(98)125)109-86(136)53(3)106-92(73)142)93(143)113-72(39-61-44-104-85-64(61)19-14-26-102-85)97(147)122-27-15-22-75(122)94(144)108-66(84(99)135)21-12-13-25-101-77(126)46-118-28-30-119(47-79(129)130)32-34-121(49-81(133)134)35-33-120(31-29-118)48-80(131)132/h8-11,14,16-20,23-24,26,36,43-45,52-54,57,66-75,82-83,103,123H,6-7,12-13,15,21-22,25,27-35,37-42,46-51H2,1-5H3,(H2,98,125)(H2,99,135)(H,100,105)(H,101,126)(H,102,104)(H,106,142)(H,107,124)(H,108,144)(H,109,136)(H,110,139)(H,111,137)(H,112,138)(H,113,143)(H,114,140)(H,115,146)(H,116,141)(H,117,145)(H,127,128)(H,129,130)(H,131,132)(H,133,134)/t53-,54+,66+,67-,68-,69-,70-,71-,72-,73-,74-,75-,82-,83-/m0/s1. The Labute approximate surface area is 863 Å². The molecule has 16 amide bonds. The first kappa shape index (κ1) is 116. The number of carbonyl (C=O) groups is 20. The van der Waals surface area contributed by atoms with Crippen molar-refractivity contribution in [3.63, 3.8) is 0 Å². The highest BCUT2D eigenvalue weighted by atomic mass is 33.1. The molecule has 10 rings (SSSR count). The van der Waals surface area contributed by atoms with Crippen LogP contribution in [0.5, 0.6) is 0 Å². The number of nitrogens with one attached hydrogen (secondary N) is 16. The van der Waals surface area contributed by atoms with Crippen LogP contribution in [0.4, 0.5) is 0 Å². The van der Waals surface area contributed by atoms with Crippen molar-refractivity contribution in [2.45, 2.75) is 203 Å². The lowest BCUT2D eigenvalue weighted by Crippen LogP contribution is -2.62. The third-order valence-corrected chi connectivity index (χ3v) is 28.2. The van der Waals surface area contributed by atoms with E-state index < -0.39 is 240 Å². The zero-order valence-corrected chi connectivity index (χ0v) is 84.7. The molecule has 50 nitrogen and oxygen atoms in total. The number of nitrogens with two attached hydrogens (primary N) is 2. The van der Waals surface area contributed by atoms with Crippen molar-refractivity contribution in [1.29, 1.82) is 0 Å². The number of para-hydroxylation sites is 1. The number of hydrogen-bond donors (Lipinski definition) is 23. The number of aromatic nitrogens is 5. The Morgan fingerprint density at radius 3 is 1.70 bits per heavy atom. The Morgan fingerprint density at radius 2 is 1.09 bits per heavy atom. The fourth-order valence-corrected chi connectivity index (χ4v) is 20.1. The van der Waals surface area contributed by atoms with Crippen LogP contribution < -0.4 is 80.6 Å². The number of likely N-dealkylation sites (tertiary alicyclic amines) is 1. The first-order chi connectivity index (χ1) is 71.1. The molecular formula is C97H131N25O25S2. The number of aliphatic carboxylic acids is 4. The number of pyridine rings is 1. The van der Waals surface area contributed by atoms with Crippen molar-refractivity contribution < 1.29 is 121 Å². The maximum Gasteiger partial charge on any atom is 0.317 e. The van der Waals surface area contributed by atoms with Gasteiger partial charge in [-0.3, -0.25) is 115 Å². The number of amides is 16. The van der Waals surface area contributed by atoms with E-state index >= 15 is 33.6 Å². The minimum atomic E-state index is -2.17. The summed E-state index contributed by atoms with van der Waals surface area (Å²) >= 11 is 0. The molecule has 806 valence electrons. The maximum atomic E-state index is 15.9. The van der Waals surface area contributed by atoms with E-state index in [1.54, 1.807) is 112 Å². The molecule has 3 aliphatic rings. The zero-order valence-electron chi connectivity index (χ0n) is 83.1. The SMILES string of the molecule is CCC(CC)[C@H](NC(=O)[C@@H](NC(=O)[C@H](Cc1c[nH]c2ccccc12)NC(C)=O)[C@@H](C)O)C(=O)N[C@H]1CSSC[C@@H](C(=O)N[C@@H](Cc2c[nH]c3ncccc23)C(=O)N2CCC[C@H]2C(=O)N[C@H](CCCCNC(=O)CN2CCN(CC(=O)O)CCN(CC(=O)O)CCN(CC(=O)O)CC2)C(N)=O)NC(=O)[C@H](CC(=O)O)NC(=O)[C@H](Cc2cnc[nH]2)NC(=O)[C@H](Cc2ccc3ccccc3c2)NC(=O)[C@H](CC(N)=O)NC(=O)[C@H](C)NC1=O. The minimum absolute atomic E-state index is 0.00173. The zero-order chi connectivity index (χ0) is 108. The van der Waals surface area contributed by atoms with Gasteiger partial charge in [0.1, 0.15) is 84.2 Å². The number of carboxylic acid groups (broad SMARTS) is 4. The number of aromatic amines is 3. The Morgan fingerprint density at radius 1 is 0.530 bits per heavy atom. The quantitative estimate of drug-likeness (QED) is 0.0128. The van der Waals surface area contributed by atoms with Crippen molar-refractivity contribution in [2.75, 3.05) is 103 Å². The second-order valence-electron chi connectivity index (χ2n) is 37.0. The summed E-state index contributed by atoms with van der Waals surface area (Å²) in [4.78, 5) is 308. The number of unbranched alkanes of at least 4 members (excludes halogenated alkanes) is 1. The molecular weight excluding hydrogens is 1980 g/mol. The predicted molar refractivity (Wildman–Crippen MR) is 542 cm³/mol. The molecule has 0 radical (unpaired) electrons. The van der Waals surface area contributed by atoms with Gasteiger partial charge >= 0.3 is 23.9 Å². The Kier molecular flexibility index (Phi) is 44.4. The van der Waals surface area contributed by atoms with E-state index in [2.05, 4.69) is 94.0 Å². The molecule has 25 N–H and O–H groups in total. The van der Waals surface area contributed by atoms with Crippen molar-refractivity contribution >= 4 is 173 Å². The molecule has 7 heterocycles. The fourth-order valence-electron chi connectivity index (χ4n) is 17.8. The van der Waals surface area contributed by atoms with Gasteiger partial charge in [0, 0.05) is 156 Å². The van der Waals surface area contributed by atoms with E-state index in [1.165, 1.54) is 50.6 Å². The Hall–Kier alpha value is -14.7. The summed E-state index contributed by atoms with van der Waals surface area (Å²) in [5, 5.41) is 87.2. The molecule has 14 atom stereocenters. The number of H-pyrrole nitrogens is 3. The lowest BCUT2D eigenvalue weighted by Gasteiger charge is -2.32. The van der Waals surface area contributed by atoms with Crippen molar-refractivity contribution in [3.05, 3.63) is 132 Å². The first-order valence-electron chi connectivity index (χ1n) is 49.0. The highest BCUT2D eigenvalue weighted by Crippen LogP contribution is 2.29. The van der Waals surface area contributed by atoms with Crippen LogP contribution in [0.25, 0.3) is 32.7 Å². The molecule has 0 aliphatic carbocycles. The van der Waals surface area contributed by atoms with Gasteiger partial charge in [-0.05, 0) is 97.5 Å². The molecule has 3 saturated heterocycles. The summed E-state index contributed by atoms with van der Waals surface area (Å²) in [5.41, 5.74) is 14.3. The summed E-state index contributed by atoms with van der Waals surface area (Å²) in [7, 11) is 1.45. The average Bonchev–Trinajstić information content (AvgIpc) is 1.69. The molecule has 4 aromatic heterocycles. The van der Waals surface area contributed by atoms with Crippen LogP contribution in [-0.4, -0.2) is 381 Å². The lowest BCUT2D eigenvalue weighted by atomic mass is 9.92. The molecule has 3 aliphatic heterocycles. The van der Waals surface area contributed by atoms with Crippen LogP contribution in [0.1, 0.15) is 115 Å². The first-order valence-corrected chi connectivity index (χ1v) is 51.5. The van der Waals surface area contributed by atoms with Crippen LogP contribution in [0.15, 0.2) is 110 Å². The normalized spacial score (nSPS) is 20.6. The monoisotopic (exact) mass is 2110 g/mol. The van der Waals surface area contributed by atoms with Crippen LogP contribution in [-0.2, 0) is 122 Å². The molecule has 3 fully saturated rings. The second kappa shape index (κ2) is 57.0. The van der Waals surface area contributed by atoms with Gasteiger partial charge < -0.3 is 126 Å². The molecule has 3 aromatic carbocycles. The number of rotatable bonds is 42. The van der Waals surface area contributed by atoms with E-state index in [9.17, 15) is 87.9 Å². The number of carboxylic acids is 4. The summed E-state index contributed by atoms with van der Waals surface area (Å²) in [6.45, 7) is 6.76. The van der Waals surface area contributed by atoms with Gasteiger partial charge in [0.25, 0.3) is 0 Å². The average molecular weight is 2110 g/mol. The summed E-state index contributed by atoms with van der Waals surface area (Å²) in [6.07, 6.45) is 2.80. The number of hydrogen-bond acceptors (Lipinski definition) is 29. The maximum absolute atomic E-state index is 15.9. The van der Waals surface area contributed by atoms with E-state index in [0.717, 1.165) is 37.9 Å². The van der Waals surface area contributed by atoms with Gasteiger partial charge in [-0.2, -0.15) is 0 Å². The van der Waals surface area contributed by atoms with Crippen molar-refractivity contribution in [1.82, 2.24) is 119 Å². The molecule has 149 heavy (non-hydrogen) atoms. The van der Waals surface area contributed by atoms with Gasteiger partial charge in [-0.1, -0.05) is 109 Å². The molecule has 52 heteroatoms. The van der Waals surface area contributed by atoms with Gasteiger partial charge in [0.15, 0.2) is 0 Å². The molecule has 7 aromatic rings. The topological polar surface area (TPSA) is 740 Å². The number of aliphatic hydroxyl groups is 1. The van der Waals surface area contributed by atoms with Gasteiger partial charge in [-0.15, -0.1) is 0 Å². The number of fused-ring (bicyclic) bond motifs is 3. The third kappa shape index (κ3) is 35.8. The van der Waals surface area contributed by atoms with Gasteiger partial charge in [0.05, 0.1) is 51.5 Å². The lowest BCUT2D eigenvalue weighted by molar-refractivity contribution is -0.143. The number of primary amides is 2. The van der Waals surface area contributed by atoms with E-state index in [1.807, 2.05) is 6.07 Å². The molecule has 0 bridgehead atoms. The Bertz CT molecular complexity index is 5890. The summed E-state index contributed by atoms with van der Waals surface area (Å²) in [5.74, 6) is -23.5. The fraction of sp³-hybridized carbons (Fsp3) is 0.505. The van der Waals surface area contributed by atoms with Gasteiger partial charge in [0.2, 0.25) is 94.5 Å². The van der Waals surface area contributed by atoms with E-state index in [0.29, 0.717) is 33.1 Å². The smallest absolute Gasteiger partial charge is 0.317 e. The van der Waals surface area contributed by atoms with Crippen LogP contribution >= 0.6 is 21.6 Å². The minimum Gasteiger partial charge on any atom is -0.481 e. The second-order valence-corrected chi connectivity index (χ2v) is 39.5. The predicted octanol–water partition coefficient (Wildman–Crippen LogP) is -4.15. The Balaban J connectivity index is 0.944. The number of nitrogens with zero attached hydrogens (tertiary/aromatic N) is 7. The number of aliphatic hydroxyl groups excluding tert-OH is 1. The largest absolute Gasteiger partial charge is 0.481 e. The molecule has 0 spiro atoms. The van der Waals surface area contributed by atoms with Crippen LogP contribution in [0, 0.1) is 5.92 Å². The summed E-state index contributed by atoms with van der Waals surface area (Å²) in [6, 6.07) is 0.221. The highest BCUT2D eigenvalue weighted by molar-refractivity contribution is 8.76.